The van der Waals surface area contributed by atoms with Crippen molar-refractivity contribution < 1.29 is 4.79 Å². The maximum Gasteiger partial charge on any atom is 0.230 e. The van der Waals surface area contributed by atoms with Gasteiger partial charge in [0.1, 0.15) is 0 Å². The second-order valence-corrected chi connectivity index (χ2v) is 6.75. The number of thioether (sulfide) groups is 1. The maximum atomic E-state index is 12.1. The van der Waals surface area contributed by atoms with Crippen LogP contribution in [0, 0.1) is 5.92 Å². The minimum absolute atomic E-state index is 0.110. The molecule has 112 valence electrons. The number of imidazole rings is 1. The fourth-order valence-electron chi connectivity index (χ4n) is 2.91. The van der Waals surface area contributed by atoms with Crippen LogP contribution in [0.4, 0.5) is 0 Å². The number of hydrogen-bond acceptors (Lipinski definition) is 3. The van der Waals surface area contributed by atoms with Gasteiger partial charge in [0.25, 0.3) is 0 Å². The molecule has 1 aliphatic rings. The Morgan fingerprint density at radius 1 is 1.38 bits per heavy atom. The number of benzene rings is 1. The van der Waals surface area contributed by atoms with E-state index in [2.05, 4.69) is 22.2 Å². The summed E-state index contributed by atoms with van der Waals surface area (Å²) >= 11 is 1.47. The van der Waals surface area contributed by atoms with Crippen LogP contribution in [0.1, 0.15) is 32.6 Å². The number of H-pyrrole nitrogens is 1. The number of para-hydroxylation sites is 2. The lowest BCUT2D eigenvalue weighted by atomic mass is 9.86. The standard InChI is InChI=1S/C16H21N3OS/c1-11-6-2-3-7-12(11)17-15(20)10-21-16-18-13-8-4-5-9-14(13)19-16/h4-5,8-9,11-12H,2-3,6-7,10H2,1H3,(H,17,20)(H,18,19)/t11-,12-/m1/s1. The number of rotatable bonds is 4. The number of carbonyl (C=O) groups excluding carboxylic acids is 1. The molecule has 0 radical (unpaired) electrons. The Morgan fingerprint density at radius 2 is 2.19 bits per heavy atom. The van der Waals surface area contributed by atoms with Crippen molar-refractivity contribution >= 4 is 28.7 Å². The highest BCUT2D eigenvalue weighted by Gasteiger charge is 2.22. The second kappa shape index (κ2) is 6.52. The van der Waals surface area contributed by atoms with Gasteiger partial charge in [0.05, 0.1) is 16.8 Å². The Morgan fingerprint density at radius 3 is 3.00 bits per heavy atom. The molecule has 1 aromatic heterocycles. The summed E-state index contributed by atoms with van der Waals surface area (Å²) in [5.74, 6) is 1.13. The molecule has 21 heavy (non-hydrogen) atoms. The molecule has 1 aliphatic carbocycles. The Balaban J connectivity index is 1.53. The van der Waals surface area contributed by atoms with E-state index in [0.29, 0.717) is 17.7 Å². The number of fused-ring (bicyclic) bond motifs is 1. The highest BCUT2D eigenvalue weighted by Crippen LogP contribution is 2.24. The van der Waals surface area contributed by atoms with Gasteiger partial charge in [-0.05, 0) is 30.9 Å². The van der Waals surface area contributed by atoms with Crippen LogP contribution in [0.15, 0.2) is 29.4 Å². The van der Waals surface area contributed by atoms with Crippen LogP contribution in [0.3, 0.4) is 0 Å². The zero-order valence-corrected chi connectivity index (χ0v) is 13.1. The van der Waals surface area contributed by atoms with E-state index >= 15 is 0 Å². The molecule has 0 bridgehead atoms. The highest BCUT2D eigenvalue weighted by molar-refractivity contribution is 7.99. The molecule has 3 rings (SSSR count). The molecule has 0 spiro atoms. The molecule has 1 fully saturated rings. The van der Waals surface area contributed by atoms with Gasteiger partial charge < -0.3 is 10.3 Å². The highest BCUT2D eigenvalue weighted by atomic mass is 32.2. The van der Waals surface area contributed by atoms with E-state index in [4.69, 9.17) is 0 Å². The molecular formula is C16H21N3OS. The second-order valence-electron chi connectivity index (χ2n) is 5.78. The predicted octanol–water partition coefficient (Wildman–Crippen LogP) is 3.35. The summed E-state index contributed by atoms with van der Waals surface area (Å²) in [5, 5.41) is 3.98. The molecule has 2 atom stereocenters. The van der Waals surface area contributed by atoms with Crippen LogP contribution in [0.2, 0.25) is 0 Å². The van der Waals surface area contributed by atoms with Crippen LogP contribution in [-0.4, -0.2) is 27.7 Å². The Hall–Kier alpha value is -1.49. The van der Waals surface area contributed by atoms with Crippen LogP contribution in [-0.2, 0) is 4.79 Å². The molecule has 1 aromatic carbocycles. The van der Waals surface area contributed by atoms with E-state index in [-0.39, 0.29) is 5.91 Å². The van der Waals surface area contributed by atoms with E-state index in [1.807, 2.05) is 24.3 Å². The summed E-state index contributed by atoms with van der Waals surface area (Å²) < 4.78 is 0. The smallest absolute Gasteiger partial charge is 0.230 e. The van der Waals surface area contributed by atoms with Crippen LogP contribution in [0.5, 0.6) is 0 Å². The normalized spacial score (nSPS) is 22.3. The first kappa shape index (κ1) is 14.4. The molecule has 1 amide bonds. The molecule has 0 aliphatic heterocycles. The minimum Gasteiger partial charge on any atom is -0.352 e. The first-order valence-electron chi connectivity index (χ1n) is 7.59. The van der Waals surface area contributed by atoms with Gasteiger partial charge in [-0.25, -0.2) is 4.98 Å². The number of amides is 1. The van der Waals surface area contributed by atoms with Gasteiger partial charge >= 0.3 is 0 Å². The van der Waals surface area contributed by atoms with Crippen molar-refractivity contribution in [3.8, 4) is 0 Å². The fourth-order valence-corrected chi connectivity index (χ4v) is 3.61. The minimum atomic E-state index is 0.110. The van der Waals surface area contributed by atoms with Gasteiger partial charge in [0.2, 0.25) is 5.91 Å². The molecule has 5 heteroatoms. The average Bonchev–Trinajstić information content (AvgIpc) is 2.90. The number of aromatic amines is 1. The molecule has 4 nitrogen and oxygen atoms in total. The van der Waals surface area contributed by atoms with Crippen molar-refractivity contribution in [2.45, 2.75) is 43.8 Å². The first-order chi connectivity index (χ1) is 10.2. The molecule has 1 heterocycles. The third-order valence-electron chi connectivity index (χ3n) is 4.17. The Bertz CT molecular complexity index is 592. The zero-order valence-electron chi connectivity index (χ0n) is 12.3. The van der Waals surface area contributed by atoms with Crippen LogP contribution in [0.25, 0.3) is 11.0 Å². The van der Waals surface area contributed by atoms with Gasteiger partial charge in [-0.15, -0.1) is 0 Å². The number of nitrogens with zero attached hydrogens (tertiary/aromatic N) is 1. The van der Waals surface area contributed by atoms with E-state index in [9.17, 15) is 4.79 Å². The third kappa shape index (κ3) is 3.59. The predicted molar refractivity (Wildman–Crippen MR) is 86.4 cm³/mol. The van der Waals surface area contributed by atoms with E-state index in [1.54, 1.807) is 0 Å². The van der Waals surface area contributed by atoms with Gasteiger partial charge in [-0.2, -0.15) is 0 Å². The summed E-state index contributed by atoms with van der Waals surface area (Å²) in [7, 11) is 0. The molecule has 2 aromatic rings. The fraction of sp³-hybridized carbons (Fsp3) is 0.500. The maximum absolute atomic E-state index is 12.1. The zero-order chi connectivity index (χ0) is 14.7. The molecular weight excluding hydrogens is 282 g/mol. The number of nitrogens with one attached hydrogen (secondary N) is 2. The van der Waals surface area contributed by atoms with Crippen LogP contribution >= 0.6 is 11.8 Å². The number of carbonyl (C=O) groups is 1. The molecule has 0 saturated heterocycles. The van der Waals surface area contributed by atoms with Crippen molar-refractivity contribution in [3.63, 3.8) is 0 Å². The van der Waals surface area contributed by atoms with Gasteiger partial charge in [0.15, 0.2) is 5.16 Å². The van der Waals surface area contributed by atoms with Crippen molar-refractivity contribution in [2.24, 2.45) is 5.92 Å². The summed E-state index contributed by atoms with van der Waals surface area (Å²) in [4.78, 5) is 19.8. The molecule has 0 unspecified atom stereocenters. The number of hydrogen-bond donors (Lipinski definition) is 2. The monoisotopic (exact) mass is 303 g/mol. The molecule has 2 N–H and O–H groups in total. The van der Waals surface area contributed by atoms with Crippen molar-refractivity contribution in [3.05, 3.63) is 24.3 Å². The van der Waals surface area contributed by atoms with Gasteiger partial charge in [-0.1, -0.05) is 43.7 Å². The molecule has 1 saturated carbocycles. The van der Waals surface area contributed by atoms with Crippen molar-refractivity contribution in [1.82, 2.24) is 15.3 Å². The summed E-state index contributed by atoms with van der Waals surface area (Å²) in [6, 6.07) is 8.26. The third-order valence-corrected chi connectivity index (χ3v) is 5.04. The summed E-state index contributed by atoms with van der Waals surface area (Å²) in [6.45, 7) is 2.23. The lowest BCUT2D eigenvalue weighted by Crippen LogP contribution is -2.41. The largest absolute Gasteiger partial charge is 0.352 e. The van der Waals surface area contributed by atoms with Crippen molar-refractivity contribution in [2.75, 3.05) is 5.75 Å². The summed E-state index contributed by atoms with van der Waals surface area (Å²) in [6.07, 6.45) is 4.86. The topological polar surface area (TPSA) is 57.8 Å². The van der Waals surface area contributed by atoms with E-state index in [0.717, 1.165) is 22.6 Å². The van der Waals surface area contributed by atoms with Gasteiger partial charge in [0, 0.05) is 6.04 Å². The Labute approximate surface area is 129 Å². The first-order valence-corrected chi connectivity index (χ1v) is 8.58. The average molecular weight is 303 g/mol. The van der Waals surface area contributed by atoms with E-state index in [1.165, 1.54) is 31.0 Å². The van der Waals surface area contributed by atoms with Crippen LogP contribution < -0.4 is 5.32 Å². The van der Waals surface area contributed by atoms with Crippen molar-refractivity contribution in [1.29, 1.82) is 0 Å². The Kier molecular flexibility index (Phi) is 4.48. The lowest BCUT2D eigenvalue weighted by Gasteiger charge is -2.29. The van der Waals surface area contributed by atoms with E-state index < -0.39 is 0 Å². The van der Waals surface area contributed by atoms with Gasteiger partial charge in [-0.3, -0.25) is 4.79 Å². The lowest BCUT2D eigenvalue weighted by molar-refractivity contribution is -0.119. The SMILES string of the molecule is C[C@@H]1CCCC[C@H]1NC(=O)CSc1nc2ccccc2[nH]1. The number of aromatic nitrogens is 2. The quantitative estimate of drug-likeness (QED) is 0.852. The summed E-state index contributed by atoms with van der Waals surface area (Å²) in [5.41, 5.74) is 1.96.